The fourth-order valence-corrected chi connectivity index (χ4v) is 5.26. The summed E-state index contributed by atoms with van der Waals surface area (Å²) >= 11 is 0. The zero-order valence-corrected chi connectivity index (χ0v) is 19.5. The molecule has 1 saturated carbocycles. The quantitative estimate of drug-likeness (QED) is 0.576. The Hall–Kier alpha value is -2.89. The van der Waals surface area contributed by atoms with E-state index in [0.29, 0.717) is 31.0 Å². The van der Waals surface area contributed by atoms with Gasteiger partial charge in [-0.3, -0.25) is 9.59 Å². The van der Waals surface area contributed by atoms with Gasteiger partial charge in [-0.05, 0) is 68.9 Å². The summed E-state index contributed by atoms with van der Waals surface area (Å²) in [6.07, 6.45) is 6.17. The van der Waals surface area contributed by atoms with Crippen molar-refractivity contribution in [2.75, 3.05) is 18.5 Å². The van der Waals surface area contributed by atoms with Gasteiger partial charge in [-0.25, -0.2) is 4.39 Å². The molecule has 6 heteroatoms. The van der Waals surface area contributed by atoms with Gasteiger partial charge in [-0.1, -0.05) is 37.1 Å². The van der Waals surface area contributed by atoms with E-state index < -0.39 is 17.8 Å². The predicted octanol–water partition coefficient (Wildman–Crippen LogP) is 5.65. The number of nitrogens with one attached hydrogen (secondary N) is 1. The topological polar surface area (TPSA) is 58.6 Å². The summed E-state index contributed by atoms with van der Waals surface area (Å²) < 4.78 is 20.0. The number of amides is 1. The van der Waals surface area contributed by atoms with E-state index in [2.05, 4.69) is 5.32 Å². The maximum absolute atomic E-state index is 14.7. The van der Waals surface area contributed by atoms with Crippen LogP contribution in [0.4, 0.5) is 10.1 Å². The molecule has 2 aromatic carbocycles. The number of benzene rings is 2. The lowest BCUT2D eigenvalue weighted by atomic mass is 9.84. The van der Waals surface area contributed by atoms with Gasteiger partial charge in [0.05, 0.1) is 24.1 Å². The van der Waals surface area contributed by atoms with Crippen LogP contribution < -0.4 is 5.32 Å². The Balaban J connectivity index is 1.66. The summed E-state index contributed by atoms with van der Waals surface area (Å²) in [4.78, 5) is 28.1. The molecule has 1 N–H and O–H groups in total. The highest BCUT2D eigenvalue weighted by atomic mass is 19.1. The molecule has 0 bridgehead atoms. The molecule has 1 aliphatic heterocycles. The maximum atomic E-state index is 14.7. The van der Waals surface area contributed by atoms with Crippen LogP contribution in [0, 0.1) is 18.7 Å². The highest BCUT2D eigenvalue weighted by molar-refractivity contribution is 5.96. The predicted molar refractivity (Wildman–Crippen MR) is 127 cm³/mol. The molecule has 33 heavy (non-hydrogen) atoms. The van der Waals surface area contributed by atoms with Crippen molar-refractivity contribution in [2.24, 2.45) is 5.92 Å². The van der Waals surface area contributed by atoms with Crippen molar-refractivity contribution in [3.05, 3.63) is 65.0 Å². The molecule has 2 fully saturated rings. The van der Waals surface area contributed by atoms with Crippen LogP contribution in [0.1, 0.15) is 73.0 Å². The van der Waals surface area contributed by atoms with Crippen molar-refractivity contribution >= 4 is 17.6 Å². The van der Waals surface area contributed by atoms with Crippen molar-refractivity contribution in [2.45, 2.75) is 64.5 Å². The van der Waals surface area contributed by atoms with E-state index in [1.54, 1.807) is 30.9 Å². The van der Waals surface area contributed by atoms with Crippen LogP contribution >= 0.6 is 0 Å². The van der Waals surface area contributed by atoms with Gasteiger partial charge in [0.2, 0.25) is 0 Å². The van der Waals surface area contributed by atoms with E-state index in [9.17, 15) is 14.0 Å². The third-order valence-electron chi connectivity index (χ3n) is 6.90. The van der Waals surface area contributed by atoms with Crippen molar-refractivity contribution in [1.29, 1.82) is 0 Å². The Morgan fingerprint density at radius 1 is 1.06 bits per heavy atom. The lowest BCUT2D eigenvalue weighted by Gasteiger charge is -2.41. The van der Waals surface area contributed by atoms with Gasteiger partial charge in [0.1, 0.15) is 5.82 Å². The normalized spacial score (nSPS) is 21.1. The number of ether oxygens (including phenoxy) is 1. The first-order chi connectivity index (χ1) is 16.0. The summed E-state index contributed by atoms with van der Waals surface area (Å²) in [5, 5.41) is 3.58. The van der Waals surface area contributed by atoms with Crippen LogP contribution in [0.15, 0.2) is 42.5 Å². The van der Waals surface area contributed by atoms with E-state index >= 15 is 0 Å². The molecule has 176 valence electrons. The van der Waals surface area contributed by atoms with Gasteiger partial charge in [0.25, 0.3) is 5.91 Å². The van der Waals surface area contributed by atoms with E-state index in [1.165, 1.54) is 31.7 Å². The summed E-state index contributed by atoms with van der Waals surface area (Å²) in [7, 11) is 0. The fraction of sp³-hybridized carbons (Fsp3) is 0.481. The van der Waals surface area contributed by atoms with Crippen molar-refractivity contribution in [3.8, 4) is 0 Å². The molecule has 1 heterocycles. The lowest BCUT2D eigenvalue weighted by Crippen LogP contribution is -2.46. The minimum atomic E-state index is -0.534. The average molecular weight is 453 g/mol. The van der Waals surface area contributed by atoms with E-state index in [0.717, 1.165) is 11.3 Å². The number of halogens is 1. The number of esters is 1. The number of hydrogen-bond donors (Lipinski definition) is 1. The van der Waals surface area contributed by atoms with Crippen molar-refractivity contribution in [3.63, 3.8) is 0 Å². The number of anilines is 1. The molecule has 2 atom stereocenters. The monoisotopic (exact) mass is 452 g/mol. The van der Waals surface area contributed by atoms with Crippen molar-refractivity contribution < 1.29 is 18.7 Å². The highest BCUT2D eigenvalue weighted by Crippen LogP contribution is 2.39. The number of likely N-dealkylation sites (tertiary alicyclic amines) is 1. The molecular weight excluding hydrogens is 419 g/mol. The number of aryl methyl sites for hydroxylation is 1. The van der Waals surface area contributed by atoms with E-state index in [1.807, 2.05) is 24.3 Å². The van der Waals surface area contributed by atoms with Crippen LogP contribution in [0.2, 0.25) is 0 Å². The summed E-state index contributed by atoms with van der Waals surface area (Å²) in [5.74, 6) is -1.70. The first-order valence-corrected chi connectivity index (χ1v) is 12.1. The molecule has 0 radical (unpaired) electrons. The van der Waals surface area contributed by atoms with Gasteiger partial charge in [0.15, 0.2) is 0 Å². The fourth-order valence-electron chi connectivity index (χ4n) is 5.26. The molecule has 2 aromatic rings. The zero-order chi connectivity index (χ0) is 23.4. The average Bonchev–Trinajstić information content (AvgIpc) is 3.32. The minimum absolute atomic E-state index is 0.0755. The molecular formula is C27H33FN2O3. The van der Waals surface area contributed by atoms with E-state index in [4.69, 9.17) is 4.74 Å². The number of hydrogen-bond acceptors (Lipinski definition) is 4. The van der Waals surface area contributed by atoms with Gasteiger partial charge in [-0.2, -0.15) is 0 Å². The highest BCUT2D eigenvalue weighted by Gasteiger charge is 2.41. The molecule has 0 aromatic heterocycles. The molecule has 1 aliphatic carbocycles. The van der Waals surface area contributed by atoms with Crippen molar-refractivity contribution in [1.82, 2.24) is 4.90 Å². The third-order valence-corrected chi connectivity index (χ3v) is 6.90. The first-order valence-electron chi connectivity index (χ1n) is 12.1. The number of carbonyl (C=O) groups is 2. The second kappa shape index (κ2) is 10.4. The Bertz CT molecular complexity index is 965. The Kier molecular flexibility index (Phi) is 7.31. The third kappa shape index (κ3) is 5.05. The molecule has 1 amide bonds. The van der Waals surface area contributed by atoms with Crippen LogP contribution in [-0.2, 0) is 9.53 Å². The van der Waals surface area contributed by atoms with Crippen LogP contribution in [-0.4, -0.2) is 36.0 Å². The van der Waals surface area contributed by atoms with Gasteiger partial charge < -0.3 is 15.0 Å². The summed E-state index contributed by atoms with van der Waals surface area (Å²) in [5.41, 5.74) is 2.57. The SMILES string of the molecule is CCOC(=O)[C@H]1CCCN(C(=O)c2c(C)cccc2F)[C@H]1c1ccc(NC2CCCC2)cc1. The van der Waals surface area contributed by atoms with Gasteiger partial charge >= 0.3 is 5.97 Å². The lowest BCUT2D eigenvalue weighted by molar-refractivity contribution is -0.151. The Morgan fingerprint density at radius 2 is 1.79 bits per heavy atom. The molecule has 4 rings (SSSR count). The van der Waals surface area contributed by atoms with Gasteiger partial charge in [0, 0.05) is 18.3 Å². The van der Waals surface area contributed by atoms with Crippen LogP contribution in [0.5, 0.6) is 0 Å². The number of nitrogens with zero attached hydrogens (tertiary/aromatic N) is 1. The standard InChI is InChI=1S/C27H33FN2O3/c1-3-33-27(32)22-11-7-17-30(26(31)24-18(2)8-6-12-23(24)28)25(22)19-13-15-21(16-14-19)29-20-9-4-5-10-20/h6,8,12-16,20,22,25,29H,3-5,7,9-11,17H2,1-2H3/t22-,25-/m0/s1. The molecule has 2 aliphatic rings. The minimum Gasteiger partial charge on any atom is -0.466 e. The molecule has 0 unspecified atom stereocenters. The zero-order valence-electron chi connectivity index (χ0n) is 19.5. The summed E-state index contributed by atoms with van der Waals surface area (Å²) in [6, 6.07) is 12.6. The first kappa shape index (κ1) is 23.3. The van der Waals surface area contributed by atoms with Crippen LogP contribution in [0.25, 0.3) is 0 Å². The van der Waals surface area contributed by atoms with Gasteiger partial charge in [-0.15, -0.1) is 0 Å². The number of rotatable bonds is 6. The Labute approximate surface area is 195 Å². The maximum Gasteiger partial charge on any atom is 0.311 e. The second-order valence-electron chi connectivity index (χ2n) is 9.12. The van der Waals surface area contributed by atoms with Crippen LogP contribution in [0.3, 0.4) is 0 Å². The summed E-state index contributed by atoms with van der Waals surface area (Å²) in [6.45, 7) is 4.27. The molecule has 1 saturated heterocycles. The van der Waals surface area contributed by atoms with E-state index in [-0.39, 0.29) is 24.0 Å². The second-order valence-corrected chi connectivity index (χ2v) is 9.12. The number of piperidine rings is 1. The number of carbonyl (C=O) groups excluding carboxylic acids is 2. The molecule has 0 spiro atoms. The largest absolute Gasteiger partial charge is 0.466 e. The molecule has 5 nitrogen and oxygen atoms in total. The Morgan fingerprint density at radius 3 is 2.45 bits per heavy atom. The smallest absolute Gasteiger partial charge is 0.311 e.